The molecule has 4 rings (SSSR count). The maximum atomic E-state index is 13.0. The number of primary amides is 1. The highest BCUT2D eigenvalue weighted by atomic mass is 35.5. The summed E-state index contributed by atoms with van der Waals surface area (Å²) in [7, 11) is 0. The van der Waals surface area contributed by atoms with E-state index >= 15 is 0 Å². The SMILES string of the molecule is CCC[C@H]1Cc2c(C)c3c(n2-c2cc(Cl)c(C(N)=O)cc2O1)CC(C)(C)CC3=O. The molecular formula is C23H27ClN2O3. The summed E-state index contributed by atoms with van der Waals surface area (Å²) in [6.45, 7) is 8.41. The molecule has 1 aromatic carbocycles. The fraction of sp³-hybridized carbons (Fsp3) is 0.478. The average Bonchev–Trinajstić information content (AvgIpc) is 2.77. The first-order chi connectivity index (χ1) is 13.6. The zero-order valence-corrected chi connectivity index (χ0v) is 18.2. The molecule has 1 aliphatic heterocycles. The van der Waals surface area contributed by atoms with Crippen molar-refractivity contribution in [3.05, 3.63) is 45.2 Å². The molecule has 154 valence electrons. The van der Waals surface area contributed by atoms with E-state index < -0.39 is 5.91 Å². The number of ether oxygens (including phenoxy) is 1. The third-order valence-electron chi connectivity index (χ3n) is 6.08. The van der Waals surface area contributed by atoms with Gasteiger partial charge in [0.2, 0.25) is 5.91 Å². The molecular weight excluding hydrogens is 388 g/mol. The molecule has 1 aromatic heterocycles. The third kappa shape index (κ3) is 3.25. The van der Waals surface area contributed by atoms with Gasteiger partial charge in [-0.05, 0) is 42.9 Å². The summed E-state index contributed by atoms with van der Waals surface area (Å²) in [6, 6.07) is 3.40. The molecule has 0 saturated heterocycles. The number of nitrogens with two attached hydrogens (primary N) is 1. The lowest BCUT2D eigenvalue weighted by atomic mass is 9.75. The van der Waals surface area contributed by atoms with Crippen LogP contribution in [-0.2, 0) is 12.8 Å². The number of amides is 1. The molecule has 0 spiro atoms. The van der Waals surface area contributed by atoms with E-state index in [1.165, 1.54) is 0 Å². The van der Waals surface area contributed by atoms with Gasteiger partial charge in [0, 0.05) is 29.8 Å². The van der Waals surface area contributed by atoms with E-state index in [4.69, 9.17) is 22.1 Å². The molecule has 2 aliphatic rings. The van der Waals surface area contributed by atoms with Crippen molar-refractivity contribution in [1.29, 1.82) is 0 Å². The molecule has 2 aromatic rings. The number of ketones is 1. The number of hydrogen-bond donors (Lipinski definition) is 1. The van der Waals surface area contributed by atoms with Crippen LogP contribution in [0.25, 0.3) is 5.69 Å². The molecule has 0 saturated carbocycles. The molecule has 2 heterocycles. The fourth-order valence-corrected chi connectivity index (χ4v) is 5.09. The maximum absolute atomic E-state index is 13.0. The Hall–Kier alpha value is -2.27. The second-order valence-corrected chi connectivity index (χ2v) is 9.47. The van der Waals surface area contributed by atoms with Crippen LogP contribution in [0.15, 0.2) is 12.1 Å². The van der Waals surface area contributed by atoms with Crippen LogP contribution in [0, 0.1) is 12.3 Å². The second-order valence-electron chi connectivity index (χ2n) is 9.07. The first-order valence-electron chi connectivity index (χ1n) is 10.2. The Morgan fingerprint density at radius 1 is 1.31 bits per heavy atom. The summed E-state index contributed by atoms with van der Waals surface area (Å²) in [5, 5.41) is 0.293. The summed E-state index contributed by atoms with van der Waals surface area (Å²) < 4.78 is 8.49. The van der Waals surface area contributed by atoms with Gasteiger partial charge in [-0.3, -0.25) is 9.59 Å². The standard InChI is InChI=1S/C23H27ClN2O3/c1-5-6-13-7-16-12(2)21-18(10-23(3,4)11-19(21)27)26(16)17-9-15(24)14(22(25)28)8-20(17)29-13/h8-9,13H,5-7,10-11H2,1-4H3,(H2,25,28)/t13-/m0/s1. The van der Waals surface area contributed by atoms with E-state index in [0.29, 0.717) is 23.6 Å². The van der Waals surface area contributed by atoms with Crippen LogP contribution in [-0.4, -0.2) is 22.4 Å². The van der Waals surface area contributed by atoms with Crippen molar-refractivity contribution in [3.8, 4) is 11.4 Å². The maximum Gasteiger partial charge on any atom is 0.250 e. The first kappa shape index (κ1) is 20.0. The summed E-state index contributed by atoms with van der Waals surface area (Å²) in [5.41, 5.74) is 10.4. The van der Waals surface area contributed by atoms with Gasteiger partial charge >= 0.3 is 0 Å². The largest absolute Gasteiger partial charge is 0.488 e. The minimum absolute atomic E-state index is 0.0416. The predicted molar refractivity (Wildman–Crippen MR) is 113 cm³/mol. The molecule has 1 atom stereocenters. The van der Waals surface area contributed by atoms with Crippen LogP contribution < -0.4 is 10.5 Å². The van der Waals surface area contributed by atoms with E-state index in [9.17, 15) is 9.59 Å². The Labute approximate surface area is 176 Å². The summed E-state index contributed by atoms with van der Waals surface area (Å²) in [4.78, 5) is 24.9. The van der Waals surface area contributed by atoms with Crippen molar-refractivity contribution in [2.24, 2.45) is 11.1 Å². The third-order valence-corrected chi connectivity index (χ3v) is 6.39. The summed E-state index contributed by atoms with van der Waals surface area (Å²) in [5.74, 6) is 0.206. The highest BCUT2D eigenvalue weighted by molar-refractivity contribution is 6.34. The Balaban J connectivity index is 2.02. The molecule has 0 fully saturated rings. The van der Waals surface area contributed by atoms with Gasteiger partial charge in [0.25, 0.3) is 0 Å². The smallest absolute Gasteiger partial charge is 0.250 e. The molecule has 1 aliphatic carbocycles. The number of benzene rings is 1. The number of Topliss-reactive ketones (excluding diaryl/α,β-unsaturated/α-hetero) is 1. The van der Waals surface area contributed by atoms with Crippen molar-refractivity contribution in [3.63, 3.8) is 0 Å². The fourth-order valence-electron chi connectivity index (χ4n) is 4.84. The molecule has 0 bridgehead atoms. The van der Waals surface area contributed by atoms with Crippen molar-refractivity contribution in [1.82, 2.24) is 4.57 Å². The van der Waals surface area contributed by atoms with Gasteiger partial charge in [0.1, 0.15) is 11.9 Å². The Bertz CT molecular complexity index is 1040. The van der Waals surface area contributed by atoms with Gasteiger partial charge in [-0.1, -0.05) is 38.8 Å². The van der Waals surface area contributed by atoms with Gasteiger partial charge in [-0.25, -0.2) is 0 Å². The monoisotopic (exact) mass is 414 g/mol. The van der Waals surface area contributed by atoms with Crippen LogP contribution in [0.4, 0.5) is 0 Å². The molecule has 0 unspecified atom stereocenters. The number of carbonyl (C=O) groups is 2. The number of fused-ring (bicyclic) bond motifs is 5. The van der Waals surface area contributed by atoms with Crippen molar-refractivity contribution < 1.29 is 14.3 Å². The molecule has 29 heavy (non-hydrogen) atoms. The average molecular weight is 415 g/mol. The molecule has 5 nitrogen and oxygen atoms in total. The zero-order valence-electron chi connectivity index (χ0n) is 17.4. The highest BCUT2D eigenvalue weighted by Gasteiger charge is 2.38. The number of aromatic nitrogens is 1. The zero-order chi connectivity index (χ0) is 21.1. The lowest BCUT2D eigenvalue weighted by molar-refractivity contribution is 0.0909. The van der Waals surface area contributed by atoms with E-state index in [0.717, 1.165) is 47.5 Å². The first-order valence-corrected chi connectivity index (χ1v) is 10.6. The quantitative estimate of drug-likeness (QED) is 0.784. The molecule has 6 heteroatoms. The van der Waals surface area contributed by atoms with Crippen LogP contribution in [0.3, 0.4) is 0 Å². The number of rotatable bonds is 3. The van der Waals surface area contributed by atoms with Crippen LogP contribution >= 0.6 is 11.6 Å². The lowest BCUT2D eigenvalue weighted by Crippen LogP contribution is -2.28. The summed E-state index contributed by atoms with van der Waals surface area (Å²) >= 11 is 6.41. The van der Waals surface area contributed by atoms with E-state index in [-0.39, 0.29) is 22.9 Å². The topological polar surface area (TPSA) is 74.3 Å². The van der Waals surface area contributed by atoms with Crippen LogP contribution in [0.2, 0.25) is 5.02 Å². The van der Waals surface area contributed by atoms with E-state index in [1.54, 1.807) is 12.1 Å². The Morgan fingerprint density at radius 2 is 2.03 bits per heavy atom. The van der Waals surface area contributed by atoms with Crippen molar-refractivity contribution in [2.75, 3.05) is 0 Å². The Morgan fingerprint density at radius 3 is 2.69 bits per heavy atom. The minimum atomic E-state index is -0.583. The van der Waals surface area contributed by atoms with Gasteiger partial charge in [0.15, 0.2) is 5.78 Å². The number of carbonyl (C=O) groups excluding carboxylic acids is 2. The van der Waals surface area contributed by atoms with Crippen LogP contribution in [0.5, 0.6) is 5.75 Å². The number of nitrogens with zero attached hydrogens (tertiary/aromatic N) is 1. The normalized spacial score (nSPS) is 19.6. The van der Waals surface area contributed by atoms with Gasteiger partial charge in [-0.2, -0.15) is 0 Å². The molecule has 0 radical (unpaired) electrons. The number of hydrogen-bond acceptors (Lipinski definition) is 3. The van der Waals surface area contributed by atoms with Gasteiger partial charge in [0.05, 0.1) is 16.3 Å². The molecule has 2 N–H and O–H groups in total. The minimum Gasteiger partial charge on any atom is -0.488 e. The van der Waals surface area contributed by atoms with E-state index in [1.807, 2.05) is 6.92 Å². The van der Waals surface area contributed by atoms with Gasteiger partial charge in [-0.15, -0.1) is 0 Å². The molecule has 1 amide bonds. The lowest BCUT2D eigenvalue weighted by Gasteiger charge is -2.30. The Kier molecular flexibility index (Phi) is 4.77. The van der Waals surface area contributed by atoms with E-state index in [2.05, 4.69) is 25.3 Å². The predicted octanol–water partition coefficient (Wildman–Crippen LogP) is 4.80. The van der Waals surface area contributed by atoms with Crippen molar-refractivity contribution >= 4 is 23.3 Å². The van der Waals surface area contributed by atoms with Crippen LogP contribution in [0.1, 0.15) is 77.7 Å². The number of halogens is 1. The van der Waals surface area contributed by atoms with Crippen molar-refractivity contribution in [2.45, 2.75) is 65.9 Å². The summed E-state index contributed by atoms with van der Waals surface area (Å²) in [6.07, 6.45) is 3.86. The second kappa shape index (κ2) is 6.91. The highest BCUT2D eigenvalue weighted by Crippen LogP contribution is 2.44. The van der Waals surface area contributed by atoms with Gasteiger partial charge < -0.3 is 15.0 Å².